The number of hydrogen-bond donors (Lipinski definition) is 0. The highest BCUT2D eigenvalue weighted by molar-refractivity contribution is 9.10. The molecular formula is C12H10BrN3S. The Kier molecular flexibility index (Phi) is 3.55. The van der Waals surface area contributed by atoms with Crippen LogP contribution in [-0.4, -0.2) is 9.78 Å². The van der Waals surface area contributed by atoms with Crippen molar-refractivity contribution in [1.29, 1.82) is 5.26 Å². The molecule has 17 heavy (non-hydrogen) atoms. The van der Waals surface area contributed by atoms with Crippen LogP contribution in [0.25, 0.3) is 0 Å². The summed E-state index contributed by atoms with van der Waals surface area (Å²) in [5, 5.41) is 14.3. The van der Waals surface area contributed by atoms with Crippen molar-refractivity contribution in [2.24, 2.45) is 7.05 Å². The molecule has 2 rings (SSSR count). The Hall–Kier alpha value is -1.25. The molecule has 5 heteroatoms. The molecule has 0 atom stereocenters. The molecule has 0 amide bonds. The lowest BCUT2D eigenvalue weighted by molar-refractivity contribution is 0.692. The molecule has 3 nitrogen and oxygen atoms in total. The Labute approximate surface area is 113 Å². The van der Waals surface area contributed by atoms with Crippen LogP contribution in [-0.2, 0) is 7.05 Å². The second-order valence-corrected chi connectivity index (χ2v) is 5.53. The van der Waals surface area contributed by atoms with Gasteiger partial charge in [-0.15, -0.1) is 0 Å². The molecule has 0 saturated heterocycles. The van der Waals surface area contributed by atoms with Gasteiger partial charge in [0.15, 0.2) is 0 Å². The fraction of sp³-hybridized carbons (Fsp3) is 0.167. The summed E-state index contributed by atoms with van der Waals surface area (Å²) in [5.41, 5.74) is 1.43. The van der Waals surface area contributed by atoms with Crippen molar-refractivity contribution >= 4 is 27.7 Å². The van der Waals surface area contributed by atoms with Crippen LogP contribution in [0.5, 0.6) is 0 Å². The molecule has 1 aromatic carbocycles. The molecule has 0 bridgehead atoms. The maximum absolute atomic E-state index is 9.11. The third-order valence-electron chi connectivity index (χ3n) is 2.31. The lowest BCUT2D eigenvalue weighted by atomic mass is 10.3. The van der Waals surface area contributed by atoms with Gasteiger partial charge in [0.2, 0.25) is 0 Å². The molecule has 0 N–H and O–H groups in total. The second kappa shape index (κ2) is 4.94. The number of nitriles is 1. The van der Waals surface area contributed by atoms with Crippen LogP contribution in [0.4, 0.5) is 0 Å². The van der Waals surface area contributed by atoms with Gasteiger partial charge in [0, 0.05) is 16.4 Å². The zero-order valence-electron chi connectivity index (χ0n) is 9.44. The van der Waals surface area contributed by atoms with Crippen molar-refractivity contribution in [1.82, 2.24) is 9.78 Å². The molecule has 0 radical (unpaired) electrons. The number of halogens is 1. The van der Waals surface area contributed by atoms with Crippen molar-refractivity contribution in [3.63, 3.8) is 0 Å². The second-order valence-electron chi connectivity index (χ2n) is 3.56. The van der Waals surface area contributed by atoms with E-state index in [2.05, 4.69) is 27.1 Å². The average molecular weight is 308 g/mol. The maximum Gasteiger partial charge on any atom is 0.117 e. The van der Waals surface area contributed by atoms with E-state index in [1.54, 1.807) is 16.4 Å². The molecule has 0 aliphatic heterocycles. The predicted molar refractivity (Wildman–Crippen MR) is 70.9 cm³/mol. The van der Waals surface area contributed by atoms with E-state index in [1.165, 1.54) is 0 Å². The standard InChI is InChI=1S/C12H10BrN3S/c1-8-11(7-14)12(16(2)15-8)17-10-5-3-9(13)4-6-10/h3-6H,1-2H3. The molecule has 0 aliphatic carbocycles. The van der Waals surface area contributed by atoms with Crippen LogP contribution in [0.1, 0.15) is 11.3 Å². The van der Waals surface area contributed by atoms with Crippen molar-refractivity contribution < 1.29 is 0 Å². The fourth-order valence-corrected chi connectivity index (χ4v) is 2.73. The van der Waals surface area contributed by atoms with Crippen LogP contribution >= 0.6 is 27.7 Å². The normalized spacial score (nSPS) is 10.2. The van der Waals surface area contributed by atoms with Crippen LogP contribution < -0.4 is 0 Å². The Morgan fingerprint density at radius 1 is 1.35 bits per heavy atom. The topological polar surface area (TPSA) is 41.6 Å². The maximum atomic E-state index is 9.11. The van der Waals surface area contributed by atoms with E-state index in [4.69, 9.17) is 5.26 Å². The number of aromatic nitrogens is 2. The Balaban J connectivity index is 2.36. The smallest absolute Gasteiger partial charge is 0.117 e. The Bertz CT molecular complexity index is 581. The number of rotatable bonds is 2. The highest BCUT2D eigenvalue weighted by Gasteiger charge is 2.13. The molecule has 2 aromatic rings. The van der Waals surface area contributed by atoms with Gasteiger partial charge in [0.05, 0.1) is 5.69 Å². The minimum Gasteiger partial charge on any atom is -0.260 e. The first-order valence-corrected chi connectivity index (χ1v) is 6.60. The fourth-order valence-electron chi connectivity index (χ4n) is 1.50. The van der Waals surface area contributed by atoms with Gasteiger partial charge in [-0.1, -0.05) is 27.7 Å². The van der Waals surface area contributed by atoms with Crippen LogP contribution in [0.15, 0.2) is 38.7 Å². The van der Waals surface area contributed by atoms with Gasteiger partial charge in [-0.25, -0.2) is 0 Å². The van der Waals surface area contributed by atoms with E-state index < -0.39 is 0 Å². The summed E-state index contributed by atoms with van der Waals surface area (Å²) in [4.78, 5) is 1.09. The monoisotopic (exact) mass is 307 g/mol. The van der Waals surface area contributed by atoms with E-state index >= 15 is 0 Å². The van der Waals surface area contributed by atoms with Gasteiger partial charge in [-0.05, 0) is 31.2 Å². The van der Waals surface area contributed by atoms with E-state index in [0.717, 1.165) is 20.1 Å². The average Bonchev–Trinajstić information content (AvgIpc) is 2.57. The van der Waals surface area contributed by atoms with Crippen molar-refractivity contribution in [2.75, 3.05) is 0 Å². The molecule has 0 saturated carbocycles. The van der Waals surface area contributed by atoms with E-state index in [9.17, 15) is 0 Å². The highest BCUT2D eigenvalue weighted by atomic mass is 79.9. The first-order valence-electron chi connectivity index (χ1n) is 4.99. The Morgan fingerprint density at radius 3 is 2.59 bits per heavy atom. The Morgan fingerprint density at radius 2 is 2.00 bits per heavy atom. The van der Waals surface area contributed by atoms with Gasteiger partial charge in [0.1, 0.15) is 16.7 Å². The van der Waals surface area contributed by atoms with Crippen LogP contribution in [0.3, 0.4) is 0 Å². The summed E-state index contributed by atoms with van der Waals surface area (Å²) in [6, 6.07) is 10.2. The third-order valence-corrected chi connectivity index (χ3v) is 4.01. The van der Waals surface area contributed by atoms with Crippen LogP contribution in [0, 0.1) is 18.3 Å². The molecular weight excluding hydrogens is 298 g/mol. The quantitative estimate of drug-likeness (QED) is 0.852. The van der Waals surface area contributed by atoms with Gasteiger partial charge in [0.25, 0.3) is 0 Å². The minimum atomic E-state index is 0.653. The molecule has 0 fully saturated rings. The first kappa shape index (κ1) is 12.2. The number of hydrogen-bond acceptors (Lipinski definition) is 3. The van der Waals surface area contributed by atoms with E-state index in [-0.39, 0.29) is 0 Å². The number of aryl methyl sites for hydroxylation is 2. The van der Waals surface area contributed by atoms with Crippen molar-refractivity contribution in [2.45, 2.75) is 16.8 Å². The van der Waals surface area contributed by atoms with Gasteiger partial charge in [-0.3, -0.25) is 4.68 Å². The zero-order chi connectivity index (χ0) is 12.4. The lowest BCUT2D eigenvalue weighted by Gasteiger charge is -2.02. The summed E-state index contributed by atoms with van der Waals surface area (Å²) in [6.07, 6.45) is 0. The lowest BCUT2D eigenvalue weighted by Crippen LogP contribution is -1.92. The summed E-state index contributed by atoms with van der Waals surface area (Å²) >= 11 is 4.95. The number of nitrogens with zero attached hydrogens (tertiary/aromatic N) is 3. The highest BCUT2D eigenvalue weighted by Crippen LogP contribution is 2.31. The third kappa shape index (κ3) is 2.54. The molecule has 1 heterocycles. The molecule has 0 unspecified atom stereocenters. The van der Waals surface area contributed by atoms with Gasteiger partial charge < -0.3 is 0 Å². The molecule has 86 valence electrons. The van der Waals surface area contributed by atoms with Crippen LogP contribution in [0.2, 0.25) is 0 Å². The van der Waals surface area contributed by atoms with Crippen molar-refractivity contribution in [3.8, 4) is 6.07 Å². The van der Waals surface area contributed by atoms with Gasteiger partial charge >= 0.3 is 0 Å². The summed E-state index contributed by atoms with van der Waals surface area (Å²) in [5.74, 6) is 0. The largest absolute Gasteiger partial charge is 0.260 e. The summed E-state index contributed by atoms with van der Waals surface area (Å²) in [6.45, 7) is 1.85. The molecule has 0 aliphatic rings. The van der Waals surface area contributed by atoms with E-state index in [0.29, 0.717) is 5.56 Å². The minimum absolute atomic E-state index is 0.653. The number of benzene rings is 1. The van der Waals surface area contributed by atoms with Crippen molar-refractivity contribution in [3.05, 3.63) is 40.0 Å². The first-order chi connectivity index (χ1) is 8.11. The SMILES string of the molecule is Cc1nn(C)c(Sc2ccc(Br)cc2)c1C#N. The van der Waals surface area contributed by atoms with E-state index in [1.807, 2.05) is 38.2 Å². The predicted octanol–water partition coefficient (Wildman–Crippen LogP) is 3.51. The molecule has 0 spiro atoms. The summed E-state index contributed by atoms with van der Waals surface area (Å²) in [7, 11) is 1.86. The summed E-state index contributed by atoms with van der Waals surface area (Å²) < 4.78 is 2.80. The zero-order valence-corrected chi connectivity index (χ0v) is 11.8. The van der Waals surface area contributed by atoms with Gasteiger partial charge in [-0.2, -0.15) is 10.4 Å². The molecule has 1 aromatic heterocycles.